The third-order valence-electron chi connectivity index (χ3n) is 3.41. The Hall–Kier alpha value is -0.880. The maximum Gasteiger partial charge on any atom is 0.530 e. The molecular formula is C16H28NO5PS. The molecule has 0 saturated heterocycles. The zero-order chi connectivity index (χ0) is 17.8. The molecule has 0 fully saturated rings. The van der Waals surface area contributed by atoms with Crippen LogP contribution in [0.3, 0.4) is 0 Å². The van der Waals surface area contributed by atoms with E-state index in [-0.39, 0.29) is 19.1 Å². The van der Waals surface area contributed by atoms with Crippen molar-refractivity contribution in [2.24, 2.45) is 0 Å². The molecule has 1 amide bonds. The van der Waals surface area contributed by atoms with E-state index < -0.39 is 7.82 Å². The molecule has 6 nitrogen and oxygen atoms in total. The molecule has 138 valence electrons. The quantitative estimate of drug-likeness (QED) is 0.399. The first kappa shape index (κ1) is 21.2. The lowest BCUT2D eigenvalue weighted by atomic mass is 10.1. The molecule has 1 atom stereocenters. The molecule has 1 heterocycles. The molecule has 1 unspecified atom stereocenters. The number of thiophene rings is 1. The number of carbonyl (C=O) groups excluding carboxylic acids is 1. The number of nitrogens with one attached hydrogen (secondary N) is 1. The van der Waals surface area contributed by atoms with Gasteiger partial charge in [0.15, 0.2) is 5.06 Å². The summed E-state index contributed by atoms with van der Waals surface area (Å²) in [6.07, 6.45) is 6.05. The largest absolute Gasteiger partial charge is 0.530 e. The first-order chi connectivity index (χ1) is 11.5. The Kier molecular flexibility index (Phi) is 10.3. The Labute approximate surface area is 148 Å². The number of carbonyl (C=O) groups is 1. The van der Waals surface area contributed by atoms with Gasteiger partial charge in [-0.2, -0.15) is 0 Å². The van der Waals surface area contributed by atoms with Gasteiger partial charge in [-0.1, -0.05) is 32.6 Å². The van der Waals surface area contributed by atoms with Gasteiger partial charge in [-0.05, 0) is 24.8 Å². The lowest BCUT2D eigenvalue weighted by Crippen LogP contribution is -2.26. The summed E-state index contributed by atoms with van der Waals surface area (Å²) in [5.41, 5.74) is 0.872. The summed E-state index contributed by atoms with van der Waals surface area (Å²) in [7, 11) is -2.37. The summed E-state index contributed by atoms with van der Waals surface area (Å²) in [4.78, 5) is 11.7. The maximum atomic E-state index is 12.3. The zero-order valence-corrected chi connectivity index (χ0v) is 16.4. The molecule has 1 N–H and O–H groups in total. The van der Waals surface area contributed by atoms with Crippen LogP contribution in [0.4, 0.5) is 0 Å². The highest BCUT2D eigenvalue weighted by Gasteiger charge is 2.28. The van der Waals surface area contributed by atoms with Crippen molar-refractivity contribution in [3.63, 3.8) is 0 Å². The molecule has 1 aromatic heterocycles. The van der Waals surface area contributed by atoms with E-state index in [1.54, 1.807) is 0 Å². The Bertz CT molecular complexity index is 534. The summed E-state index contributed by atoms with van der Waals surface area (Å²) >= 11 is 1.33. The van der Waals surface area contributed by atoms with Crippen LogP contribution in [0, 0.1) is 6.92 Å². The highest BCUT2D eigenvalue weighted by Crippen LogP contribution is 2.50. The molecular weight excluding hydrogens is 349 g/mol. The number of amides is 1. The summed E-state index contributed by atoms with van der Waals surface area (Å²) < 4.78 is 27.8. The van der Waals surface area contributed by atoms with Crippen LogP contribution in [-0.4, -0.2) is 26.2 Å². The fraction of sp³-hybridized carbons (Fsp3) is 0.688. The van der Waals surface area contributed by atoms with Crippen molar-refractivity contribution in [2.45, 2.75) is 52.4 Å². The fourth-order valence-electron chi connectivity index (χ4n) is 2.00. The number of phosphoric ester groups is 1. The van der Waals surface area contributed by atoms with Gasteiger partial charge in [0.1, 0.15) is 0 Å². The second kappa shape index (κ2) is 11.6. The van der Waals surface area contributed by atoms with Gasteiger partial charge >= 0.3 is 7.82 Å². The Morgan fingerprint density at radius 3 is 2.67 bits per heavy atom. The molecule has 0 aromatic carbocycles. The van der Waals surface area contributed by atoms with Crippen molar-refractivity contribution in [2.75, 3.05) is 20.3 Å². The van der Waals surface area contributed by atoms with Crippen molar-refractivity contribution >= 4 is 25.1 Å². The molecule has 1 rings (SSSR count). The van der Waals surface area contributed by atoms with E-state index in [0.717, 1.165) is 18.4 Å². The van der Waals surface area contributed by atoms with Crippen LogP contribution >= 0.6 is 19.2 Å². The summed E-state index contributed by atoms with van der Waals surface area (Å²) in [5.74, 6) is -0.0163. The van der Waals surface area contributed by atoms with Crippen molar-refractivity contribution in [1.82, 2.24) is 5.32 Å². The van der Waals surface area contributed by atoms with Crippen LogP contribution < -0.4 is 9.84 Å². The molecule has 24 heavy (non-hydrogen) atoms. The van der Waals surface area contributed by atoms with Crippen molar-refractivity contribution in [3.8, 4) is 5.06 Å². The van der Waals surface area contributed by atoms with Gasteiger partial charge in [0, 0.05) is 25.6 Å². The average Bonchev–Trinajstić information content (AvgIpc) is 2.96. The zero-order valence-electron chi connectivity index (χ0n) is 14.7. The number of aryl methyl sites for hydroxylation is 1. The smallest absolute Gasteiger partial charge is 0.393 e. The molecule has 0 spiro atoms. The van der Waals surface area contributed by atoms with Gasteiger partial charge in [0.05, 0.1) is 6.61 Å². The van der Waals surface area contributed by atoms with Crippen LogP contribution in [0.2, 0.25) is 0 Å². The molecule has 0 bridgehead atoms. The minimum Gasteiger partial charge on any atom is -0.393 e. The van der Waals surface area contributed by atoms with Crippen LogP contribution in [0.5, 0.6) is 5.06 Å². The second-order valence-electron chi connectivity index (χ2n) is 5.46. The van der Waals surface area contributed by atoms with Gasteiger partial charge < -0.3 is 9.84 Å². The number of unbranched alkanes of at least 4 members (excludes halogenated alkanes) is 4. The summed E-state index contributed by atoms with van der Waals surface area (Å²) in [5, 5.41) is 5.10. The predicted molar refractivity (Wildman–Crippen MR) is 96.6 cm³/mol. The minimum atomic E-state index is -3.65. The van der Waals surface area contributed by atoms with Gasteiger partial charge in [-0.25, -0.2) is 4.57 Å². The second-order valence-corrected chi connectivity index (χ2v) is 8.04. The van der Waals surface area contributed by atoms with Crippen molar-refractivity contribution < 1.29 is 22.9 Å². The Morgan fingerprint density at radius 2 is 2.04 bits per heavy atom. The van der Waals surface area contributed by atoms with Gasteiger partial charge in [0.2, 0.25) is 5.91 Å². The van der Waals surface area contributed by atoms with Crippen molar-refractivity contribution in [1.29, 1.82) is 0 Å². The van der Waals surface area contributed by atoms with E-state index in [4.69, 9.17) is 13.6 Å². The first-order valence-electron chi connectivity index (χ1n) is 8.31. The van der Waals surface area contributed by atoms with Gasteiger partial charge in [-0.3, -0.25) is 13.8 Å². The Morgan fingerprint density at radius 1 is 1.29 bits per heavy atom. The molecule has 0 aliphatic rings. The predicted octanol–water partition coefficient (Wildman–Crippen LogP) is 4.68. The van der Waals surface area contributed by atoms with Gasteiger partial charge in [-0.15, -0.1) is 11.3 Å². The standard InChI is InChI=1S/C16H28NO5PS/c1-4-5-6-7-8-9-15(18)17-11-12-21-23(19,20-3)22-16-14(2)10-13-24-16/h10,13H,4-9,11-12H2,1-3H3,(H,17,18). The lowest BCUT2D eigenvalue weighted by Gasteiger charge is -2.16. The molecule has 0 aliphatic carbocycles. The SMILES string of the molecule is CCCCCCCC(=O)NCCOP(=O)(OC)Oc1sccc1C. The molecule has 0 aliphatic heterocycles. The third-order valence-corrected chi connectivity index (χ3v) is 5.78. The molecule has 0 saturated carbocycles. The fourth-order valence-corrected chi connectivity index (χ4v) is 3.99. The average molecular weight is 377 g/mol. The molecule has 8 heteroatoms. The van der Waals surface area contributed by atoms with E-state index in [0.29, 0.717) is 11.5 Å². The third kappa shape index (κ3) is 8.29. The highest BCUT2D eigenvalue weighted by molar-refractivity contribution is 7.49. The van der Waals surface area contributed by atoms with Crippen LogP contribution in [0.1, 0.15) is 51.0 Å². The molecule has 1 aromatic rings. The molecule has 0 radical (unpaired) electrons. The van der Waals surface area contributed by atoms with Crippen LogP contribution in [0.15, 0.2) is 11.4 Å². The van der Waals surface area contributed by atoms with E-state index >= 15 is 0 Å². The monoisotopic (exact) mass is 377 g/mol. The lowest BCUT2D eigenvalue weighted by molar-refractivity contribution is -0.121. The van der Waals surface area contributed by atoms with E-state index in [2.05, 4.69) is 12.2 Å². The van der Waals surface area contributed by atoms with E-state index in [9.17, 15) is 9.36 Å². The topological polar surface area (TPSA) is 73.9 Å². The summed E-state index contributed by atoms with van der Waals surface area (Å²) in [6.45, 7) is 4.35. The normalized spacial score (nSPS) is 13.5. The number of rotatable bonds is 13. The van der Waals surface area contributed by atoms with Crippen LogP contribution in [-0.2, 0) is 18.4 Å². The number of phosphoric acid groups is 1. The number of hydrogen-bond donors (Lipinski definition) is 1. The van der Waals surface area contributed by atoms with Crippen molar-refractivity contribution in [3.05, 3.63) is 17.0 Å². The van der Waals surface area contributed by atoms with E-state index in [1.807, 2.05) is 18.4 Å². The van der Waals surface area contributed by atoms with Gasteiger partial charge in [0.25, 0.3) is 0 Å². The number of hydrogen-bond acceptors (Lipinski definition) is 6. The van der Waals surface area contributed by atoms with Crippen LogP contribution in [0.25, 0.3) is 0 Å². The minimum absolute atomic E-state index is 0.0163. The first-order valence-corrected chi connectivity index (χ1v) is 10.7. The highest BCUT2D eigenvalue weighted by atomic mass is 32.1. The summed E-state index contributed by atoms with van der Waals surface area (Å²) in [6, 6.07) is 1.86. The maximum absolute atomic E-state index is 12.3. The van der Waals surface area contributed by atoms with E-state index in [1.165, 1.54) is 37.7 Å². The Balaban J connectivity index is 2.21.